The van der Waals surface area contributed by atoms with Gasteiger partial charge < -0.3 is 15.5 Å². The molecule has 0 saturated heterocycles. The Labute approximate surface area is 173 Å². The number of rotatable bonds is 6. The molecule has 3 N–H and O–H groups in total. The molecular weight excluding hydrogens is 385 g/mol. The van der Waals surface area contributed by atoms with Crippen molar-refractivity contribution in [2.24, 2.45) is 5.73 Å². The molecule has 1 fully saturated rings. The molecule has 1 aromatic carbocycles. The summed E-state index contributed by atoms with van der Waals surface area (Å²) in [5.41, 5.74) is 8.01. The van der Waals surface area contributed by atoms with Crippen LogP contribution in [-0.2, 0) is 13.1 Å². The molecule has 2 aromatic rings. The number of hydrogen-bond acceptors (Lipinski definition) is 4. The number of nitrogens with zero attached hydrogens (tertiary/aromatic N) is 1. The molecule has 27 heavy (non-hydrogen) atoms. The van der Waals surface area contributed by atoms with Crippen molar-refractivity contribution in [3.63, 3.8) is 0 Å². The Hall–Kier alpha value is -1.53. The standard InChI is InChI=1S/C20H27N3O2.2ClH/c1-23(17-8-3-2-4-9-17)13-15-7-5-6-10-19(15)22-20(24)16-11-18(12-21)25-14-16;;/h5-7,10-11,14,17H,2-4,8-9,12-13,21H2,1H3,(H,22,24);2*1H. The highest BCUT2D eigenvalue weighted by Crippen LogP contribution is 2.25. The molecule has 5 nitrogen and oxygen atoms in total. The van der Waals surface area contributed by atoms with Crippen molar-refractivity contribution in [3.05, 3.63) is 53.5 Å². The van der Waals surface area contributed by atoms with E-state index in [0.717, 1.165) is 17.8 Å². The van der Waals surface area contributed by atoms with Gasteiger partial charge in [0, 0.05) is 18.3 Å². The van der Waals surface area contributed by atoms with Crippen molar-refractivity contribution >= 4 is 36.4 Å². The van der Waals surface area contributed by atoms with E-state index < -0.39 is 0 Å². The van der Waals surface area contributed by atoms with E-state index in [-0.39, 0.29) is 37.3 Å². The van der Waals surface area contributed by atoms with Gasteiger partial charge in [0.1, 0.15) is 12.0 Å². The molecule has 0 atom stereocenters. The maximum atomic E-state index is 12.5. The van der Waals surface area contributed by atoms with E-state index >= 15 is 0 Å². The zero-order valence-electron chi connectivity index (χ0n) is 15.6. The Kier molecular flexibility index (Phi) is 9.88. The fourth-order valence-electron chi connectivity index (χ4n) is 3.50. The van der Waals surface area contributed by atoms with Crippen LogP contribution in [0.2, 0.25) is 0 Å². The summed E-state index contributed by atoms with van der Waals surface area (Å²) in [6.07, 6.45) is 7.97. The van der Waals surface area contributed by atoms with Crippen LogP contribution in [0.3, 0.4) is 0 Å². The first-order chi connectivity index (χ1) is 12.2. The van der Waals surface area contributed by atoms with Crippen LogP contribution in [0.5, 0.6) is 0 Å². The maximum Gasteiger partial charge on any atom is 0.258 e. The largest absolute Gasteiger partial charge is 0.467 e. The van der Waals surface area contributed by atoms with E-state index in [2.05, 4.69) is 23.3 Å². The van der Waals surface area contributed by atoms with E-state index in [1.807, 2.05) is 18.2 Å². The van der Waals surface area contributed by atoms with Crippen LogP contribution in [0.25, 0.3) is 0 Å². The summed E-state index contributed by atoms with van der Waals surface area (Å²) in [4.78, 5) is 14.9. The molecule has 1 heterocycles. The summed E-state index contributed by atoms with van der Waals surface area (Å²) in [6, 6.07) is 10.3. The van der Waals surface area contributed by atoms with E-state index in [1.165, 1.54) is 38.4 Å². The van der Waals surface area contributed by atoms with Gasteiger partial charge in [-0.1, -0.05) is 37.5 Å². The van der Waals surface area contributed by atoms with Gasteiger partial charge in [-0.25, -0.2) is 0 Å². The van der Waals surface area contributed by atoms with E-state index in [0.29, 0.717) is 17.4 Å². The molecule has 1 saturated carbocycles. The molecule has 1 amide bonds. The summed E-state index contributed by atoms with van der Waals surface area (Å²) >= 11 is 0. The number of nitrogens with one attached hydrogen (secondary N) is 1. The molecule has 0 spiro atoms. The summed E-state index contributed by atoms with van der Waals surface area (Å²) in [5, 5.41) is 3.01. The molecule has 0 radical (unpaired) electrons. The molecule has 3 rings (SSSR count). The van der Waals surface area contributed by atoms with Crippen molar-refractivity contribution in [1.82, 2.24) is 4.90 Å². The number of halogens is 2. The van der Waals surface area contributed by atoms with Crippen LogP contribution < -0.4 is 11.1 Å². The number of benzene rings is 1. The van der Waals surface area contributed by atoms with Crippen molar-refractivity contribution in [1.29, 1.82) is 0 Å². The van der Waals surface area contributed by atoms with Gasteiger partial charge in [0.15, 0.2) is 0 Å². The van der Waals surface area contributed by atoms with Crippen molar-refractivity contribution in [2.75, 3.05) is 12.4 Å². The normalized spacial score (nSPS) is 14.3. The first kappa shape index (κ1) is 23.5. The predicted octanol–water partition coefficient (Wildman–Crippen LogP) is 4.60. The fraction of sp³-hybridized carbons (Fsp3) is 0.450. The first-order valence-electron chi connectivity index (χ1n) is 9.04. The summed E-state index contributed by atoms with van der Waals surface area (Å²) in [7, 11) is 2.18. The van der Waals surface area contributed by atoms with Crippen LogP contribution in [0, 0.1) is 0 Å². The quantitative estimate of drug-likeness (QED) is 0.725. The molecule has 1 aliphatic rings. The number of hydrogen-bond donors (Lipinski definition) is 2. The summed E-state index contributed by atoms with van der Waals surface area (Å²) < 4.78 is 5.25. The average Bonchev–Trinajstić information content (AvgIpc) is 3.13. The lowest BCUT2D eigenvalue weighted by Crippen LogP contribution is -2.33. The van der Waals surface area contributed by atoms with Gasteiger partial charge in [0.25, 0.3) is 5.91 Å². The number of amides is 1. The highest BCUT2D eigenvalue weighted by atomic mass is 35.5. The lowest BCUT2D eigenvalue weighted by atomic mass is 9.94. The van der Waals surface area contributed by atoms with Gasteiger partial charge in [-0.05, 0) is 37.6 Å². The Morgan fingerprint density at radius 1 is 1.22 bits per heavy atom. The Bertz CT molecular complexity index is 715. The summed E-state index contributed by atoms with van der Waals surface area (Å²) in [5.74, 6) is 0.437. The highest BCUT2D eigenvalue weighted by molar-refractivity contribution is 6.04. The van der Waals surface area contributed by atoms with Gasteiger partial charge >= 0.3 is 0 Å². The van der Waals surface area contributed by atoms with Gasteiger partial charge in [0.05, 0.1) is 12.1 Å². The smallest absolute Gasteiger partial charge is 0.258 e. The monoisotopic (exact) mass is 413 g/mol. The molecular formula is C20H29Cl2N3O2. The van der Waals surface area contributed by atoms with Gasteiger partial charge in [-0.3, -0.25) is 9.69 Å². The molecule has 1 aromatic heterocycles. The lowest BCUT2D eigenvalue weighted by molar-refractivity contribution is 0.102. The molecule has 0 aliphatic heterocycles. The number of carbonyl (C=O) groups is 1. The minimum Gasteiger partial charge on any atom is -0.467 e. The SMILES string of the molecule is CN(Cc1ccccc1NC(=O)c1coc(CN)c1)C1CCCCC1.Cl.Cl. The molecule has 1 aliphatic carbocycles. The predicted molar refractivity (Wildman–Crippen MR) is 114 cm³/mol. The van der Waals surface area contributed by atoms with Gasteiger partial charge in [0.2, 0.25) is 0 Å². The number of anilines is 1. The minimum atomic E-state index is -0.170. The zero-order chi connectivity index (χ0) is 17.6. The second-order valence-electron chi connectivity index (χ2n) is 6.82. The minimum absolute atomic E-state index is 0. The molecule has 7 heteroatoms. The first-order valence-corrected chi connectivity index (χ1v) is 9.04. The Morgan fingerprint density at radius 2 is 1.93 bits per heavy atom. The highest BCUT2D eigenvalue weighted by Gasteiger charge is 2.19. The third kappa shape index (κ3) is 6.25. The summed E-state index contributed by atoms with van der Waals surface area (Å²) in [6.45, 7) is 1.12. The van der Waals surface area contributed by atoms with E-state index in [4.69, 9.17) is 10.2 Å². The number of nitrogens with two attached hydrogens (primary N) is 1. The van der Waals surface area contributed by atoms with Crippen LogP contribution in [0.15, 0.2) is 41.0 Å². The molecule has 150 valence electrons. The fourth-order valence-corrected chi connectivity index (χ4v) is 3.50. The van der Waals surface area contributed by atoms with Crippen molar-refractivity contribution in [2.45, 2.75) is 51.2 Å². The number of para-hydroxylation sites is 1. The Balaban J connectivity index is 0.00000182. The van der Waals surface area contributed by atoms with Crippen molar-refractivity contribution < 1.29 is 9.21 Å². The second kappa shape index (κ2) is 11.3. The molecule has 0 bridgehead atoms. The van der Waals surface area contributed by atoms with E-state index in [1.54, 1.807) is 6.07 Å². The van der Waals surface area contributed by atoms with Gasteiger partial charge in [-0.15, -0.1) is 24.8 Å². The van der Waals surface area contributed by atoms with Crippen LogP contribution in [0.4, 0.5) is 5.69 Å². The number of furan rings is 1. The third-order valence-corrected chi connectivity index (χ3v) is 5.00. The third-order valence-electron chi connectivity index (χ3n) is 5.00. The van der Waals surface area contributed by atoms with Gasteiger partial charge in [-0.2, -0.15) is 0 Å². The van der Waals surface area contributed by atoms with Crippen molar-refractivity contribution in [3.8, 4) is 0 Å². The zero-order valence-corrected chi connectivity index (χ0v) is 17.3. The van der Waals surface area contributed by atoms with Crippen LogP contribution >= 0.6 is 24.8 Å². The number of carbonyl (C=O) groups excluding carboxylic acids is 1. The maximum absolute atomic E-state index is 12.5. The molecule has 0 unspecified atom stereocenters. The Morgan fingerprint density at radius 3 is 2.59 bits per heavy atom. The van der Waals surface area contributed by atoms with Crippen LogP contribution in [-0.4, -0.2) is 23.9 Å². The second-order valence-corrected chi connectivity index (χ2v) is 6.82. The van der Waals surface area contributed by atoms with E-state index in [9.17, 15) is 4.79 Å². The average molecular weight is 414 g/mol. The van der Waals surface area contributed by atoms with Crippen LogP contribution in [0.1, 0.15) is 53.8 Å². The lowest BCUT2D eigenvalue weighted by Gasteiger charge is -2.31. The topological polar surface area (TPSA) is 71.5 Å².